The van der Waals surface area contributed by atoms with Crippen molar-refractivity contribution >= 4 is 35.2 Å². The van der Waals surface area contributed by atoms with Gasteiger partial charge in [0, 0.05) is 117 Å². The third-order valence-electron chi connectivity index (χ3n) is 15.5. The zero-order chi connectivity index (χ0) is 87.2. The Kier molecular flexibility index (Phi) is 57.9. The van der Waals surface area contributed by atoms with Gasteiger partial charge < -0.3 is 29.0 Å². The van der Waals surface area contributed by atoms with Gasteiger partial charge in [0.2, 0.25) is 17.7 Å². The molecule has 1 aliphatic heterocycles. The van der Waals surface area contributed by atoms with Crippen LogP contribution in [0.4, 0.5) is 26.3 Å². The summed E-state index contributed by atoms with van der Waals surface area (Å²) in [6, 6.07) is 12.4. The first-order chi connectivity index (χ1) is 48.1. The zero-order valence-electron chi connectivity index (χ0n) is 76.0. The lowest BCUT2D eigenvalue weighted by atomic mass is 9.85. The molecule has 110 heavy (non-hydrogen) atoms. The number of alkyl halides is 6. The van der Waals surface area contributed by atoms with Gasteiger partial charge in [-0.3, -0.25) is 38.3 Å². The van der Waals surface area contributed by atoms with E-state index in [-0.39, 0.29) is 99.4 Å². The first kappa shape index (κ1) is 120. The number of rotatable bonds is 12. The quantitative estimate of drug-likeness (QED) is 0.0917. The summed E-state index contributed by atoms with van der Waals surface area (Å²) in [5, 5.41) is 12.3. The smallest absolute Gasteiger partial charge is 0.399 e. The van der Waals surface area contributed by atoms with Crippen molar-refractivity contribution in [2.75, 3.05) is 81.4 Å². The Labute approximate surface area is 668 Å². The van der Waals surface area contributed by atoms with Crippen LogP contribution in [0.5, 0.6) is 0 Å². The minimum Gasteiger partial charge on any atom is -0.399 e. The molecule has 25 heteroatoms. The number of nitrogens with one attached hydrogen (secondary N) is 1. The lowest BCUT2D eigenvalue weighted by molar-refractivity contribution is -0.204. The monoisotopic (exact) mass is 1590 g/mol. The van der Waals surface area contributed by atoms with Crippen molar-refractivity contribution in [2.24, 2.45) is 55.5 Å². The van der Waals surface area contributed by atoms with E-state index in [4.69, 9.17) is 24.0 Å². The second-order valence-electron chi connectivity index (χ2n) is 37.2. The number of hydrogen-bond donors (Lipinski definition) is 1. The summed E-state index contributed by atoms with van der Waals surface area (Å²) in [7, 11) is 10.1. The van der Waals surface area contributed by atoms with E-state index in [0.717, 1.165) is 59.1 Å². The van der Waals surface area contributed by atoms with Gasteiger partial charge >= 0.3 is 12.5 Å². The third-order valence-corrected chi connectivity index (χ3v) is 15.5. The summed E-state index contributed by atoms with van der Waals surface area (Å²) in [4.78, 5) is 76.8. The summed E-state index contributed by atoms with van der Waals surface area (Å²) in [6.07, 6.45) is -2.51. The molecule has 2 aliphatic rings. The predicted molar refractivity (Wildman–Crippen MR) is 446 cm³/mol. The molecule has 2 heterocycles. The molecular weight excluding hydrogens is 1420 g/mol. The van der Waals surface area contributed by atoms with Crippen molar-refractivity contribution in [3.63, 3.8) is 0 Å². The van der Waals surface area contributed by atoms with Gasteiger partial charge in [-0.05, 0) is 89.7 Å². The van der Waals surface area contributed by atoms with Crippen LogP contribution in [0.3, 0.4) is 0 Å². The number of amides is 5. The normalized spacial score (nSPS) is 14.0. The fourth-order valence-electron chi connectivity index (χ4n) is 9.10. The fourth-order valence-corrected chi connectivity index (χ4v) is 9.10. The average molecular weight is 1590 g/mol. The highest BCUT2D eigenvalue weighted by molar-refractivity contribution is 5.88. The maximum absolute atomic E-state index is 11.9. The van der Waals surface area contributed by atoms with Gasteiger partial charge in [0.25, 0.3) is 11.8 Å². The molecule has 2 fully saturated rings. The van der Waals surface area contributed by atoms with Gasteiger partial charge in [-0.15, -0.1) is 0 Å². The van der Waals surface area contributed by atoms with Gasteiger partial charge in [0.1, 0.15) is 7.11 Å². The average Bonchev–Trinajstić information content (AvgIpc) is 1.67. The molecule has 19 nitrogen and oxygen atoms in total. The number of hydroxylamine groups is 4. The van der Waals surface area contributed by atoms with Crippen LogP contribution in [0.1, 0.15) is 307 Å². The number of ether oxygens (including phenoxy) is 2. The molecule has 1 aromatic carbocycles. The maximum Gasteiger partial charge on any atom is 0.457 e. The Morgan fingerprint density at radius 3 is 1.24 bits per heavy atom. The van der Waals surface area contributed by atoms with E-state index in [9.17, 15) is 50.3 Å². The molecule has 654 valence electrons. The van der Waals surface area contributed by atoms with E-state index in [1.165, 1.54) is 48.4 Å². The minimum atomic E-state index is -4.27. The Morgan fingerprint density at radius 1 is 0.618 bits per heavy atom. The lowest BCUT2D eigenvalue weighted by Gasteiger charge is -2.32. The second-order valence-corrected chi connectivity index (χ2v) is 37.2. The SMILES string of the molecule is C.C.CC(C)(C)C(=O)N1CCOCC1.CC(C)(C)C(F)(F)F.CC(OC(C)(C)C)c1ccccc1.CC/C(=N\OC)C(C)(C)C.CCC(NC(F)(F)F)C(C)(C)C.CCN(CC(C)(C)C)C(C)=O.CCN(OC)C(=O)C(C)(C)C.CN(C(=O)C(C)(C)C)C1CC1.CON(C)C(=O)C(C)(C)C.Cn1nccc1C(C)(C)C. The maximum atomic E-state index is 11.9. The van der Waals surface area contributed by atoms with Gasteiger partial charge in [0.05, 0.1) is 50.3 Å². The number of oxime groups is 1. The van der Waals surface area contributed by atoms with Gasteiger partial charge in [-0.2, -0.15) is 31.4 Å². The highest BCUT2D eigenvalue weighted by atomic mass is 19.4. The van der Waals surface area contributed by atoms with E-state index in [1.54, 1.807) is 54.1 Å². The summed E-state index contributed by atoms with van der Waals surface area (Å²) in [5.74, 6) is 0.658. The van der Waals surface area contributed by atoms with E-state index in [1.807, 2.05) is 155 Å². The van der Waals surface area contributed by atoms with Crippen molar-refractivity contribution in [2.45, 2.75) is 331 Å². The highest BCUT2D eigenvalue weighted by Gasteiger charge is 2.43. The van der Waals surface area contributed by atoms with Crippen LogP contribution in [-0.4, -0.2) is 181 Å². The molecule has 0 bridgehead atoms. The Morgan fingerprint density at radius 2 is 1.05 bits per heavy atom. The number of carbonyl (C=O) groups is 5. The minimum absolute atomic E-state index is 0. The van der Waals surface area contributed by atoms with Crippen molar-refractivity contribution in [3.8, 4) is 0 Å². The van der Waals surface area contributed by atoms with Crippen molar-refractivity contribution in [3.05, 3.63) is 53.9 Å². The topological polar surface area (TPSA) is 190 Å². The summed E-state index contributed by atoms with van der Waals surface area (Å²) >= 11 is 0. The second kappa shape index (κ2) is 52.9. The molecule has 1 N–H and O–H groups in total. The van der Waals surface area contributed by atoms with Gasteiger partial charge in [-0.25, -0.2) is 15.4 Å². The van der Waals surface area contributed by atoms with Crippen LogP contribution in [0.2, 0.25) is 0 Å². The standard InChI is InChI=1S/C12H18O.C9H17NO2.C9H17NO.C9H19NO.C8H16F3N.C8H14N2.C8H17NO2.C8H17NO.C7H15NO2.C5H9F3.2CH4/c1-10(13-12(2,3)4)11-8-6-5-7-9-11;1-9(2,3)8(11)10-4-6-12-7-5-10;1-9(2,3)8(11)10(4)7-5-6-7;1-6-10(8(2)11)7-9(3,4)5;1-5-6(7(2,3)4)12-8(9,10)11;1-8(2,3)7-5-6-9-10(7)4;1-6-9(11-5)7(10)8(2,3)4;1-6-7(9-10-5)8(2,3)4;1-7(2,3)6(9)8(4)10-5;1-4(2,3)5(6,7)8;;/h5-10H,1-4H3;4-7H2,1-3H3;7H,5-6H2,1-4H3;6-7H2,1-5H3;6,12H,5H2,1-4H3;5-6H,1-4H3;6H2,1-5H3;6H2,1-5H3;1-5H3;1-3H3;2*1H4/b;;;;;;;9-7+;;;;. The number of carbonyl (C=O) groups excluding carboxylic acids is 5. The van der Waals surface area contributed by atoms with Crippen LogP contribution >= 0.6 is 0 Å². The molecule has 1 aliphatic carbocycles. The molecule has 1 saturated carbocycles. The fraction of sp³-hybridized carbons (Fsp3) is 0.824. The molecule has 2 unspecified atom stereocenters. The molecule has 1 aromatic heterocycles. The first-order valence-corrected chi connectivity index (χ1v) is 37.9. The van der Waals surface area contributed by atoms with Crippen LogP contribution < -0.4 is 5.32 Å². The predicted octanol–water partition coefficient (Wildman–Crippen LogP) is 21.5. The number of aromatic nitrogens is 2. The van der Waals surface area contributed by atoms with Crippen molar-refractivity contribution in [1.82, 2.24) is 39.9 Å². The first-order valence-electron chi connectivity index (χ1n) is 37.9. The number of nitrogens with zero attached hydrogens (tertiary/aromatic N) is 8. The van der Waals surface area contributed by atoms with Crippen LogP contribution in [0.15, 0.2) is 47.8 Å². The van der Waals surface area contributed by atoms with Crippen LogP contribution in [0.25, 0.3) is 0 Å². The lowest BCUT2D eigenvalue weighted by Crippen LogP contribution is -2.47. The number of aryl methyl sites for hydroxylation is 1. The molecule has 0 spiro atoms. The molecular formula is C85H167F6N9O10. The Bertz CT molecular complexity index is 2740. The third kappa shape index (κ3) is 60.3. The molecule has 1 saturated heterocycles. The molecule has 4 rings (SSSR count). The van der Waals surface area contributed by atoms with Crippen molar-refractivity contribution in [1.29, 1.82) is 0 Å². The number of hydrogen-bond acceptors (Lipinski definition) is 13. The van der Waals surface area contributed by atoms with Crippen molar-refractivity contribution < 1.29 is 74.3 Å². The summed E-state index contributed by atoms with van der Waals surface area (Å²) in [6.45, 7) is 73.9. The highest BCUT2D eigenvalue weighted by Crippen LogP contribution is 2.36. The molecule has 5 amide bonds. The number of halogens is 6. The summed E-state index contributed by atoms with van der Waals surface area (Å²) in [5.41, 5.74) is 1.01. The molecule has 2 aromatic rings. The van der Waals surface area contributed by atoms with Gasteiger partial charge in [-0.1, -0.05) is 251 Å². The molecule has 2 atom stereocenters. The largest absolute Gasteiger partial charge is 0.457 e. The van der Waals surface area contributed by atoms with Gasteiger partial charge in [0.15, 0.2) is 0 Å². The molecule has 0 radical (unpaired) electrons. The van der Waals surface area contributed by atoms with E-state index >= 15 is 0 Å². The summed E-state index contributed by atoms with van der Waals surface area (Å²) < 4.78 is 83.3. The Hall–Kier alpha value is -5.37. The number of morpholine rings is 1. The van der Waals surface area contributed by atoms with E-state index in [0.29, 0.717) is 32.2 Å². The van der Waals surface area contributed by atoms with Crippen LogP contribution in [-0.2, 0) is 60.4 Å². The van der Waals surface area contributed by atoms with E-state index in [2.05, 4.69) is 125 Å². The number of benzene rings is 1. The zero-order valence-corrected chi connectivity index (χ0v) is 76.0. The van der Waals surface area contributed by atoms with E-state index < -0.39 is 23.9 Å². The van der Waals surface area contributed by atoms with Crippen LogP contribution in [0, 0.1) is 43.3 Å². The Balaban J connectivity index is -0.000000175.